The van der Waals surface area contributed by atoms with Gasteiger partial charge in [0.15, 0.2) is 0 Å². The quantitative estimate of drug-likeness (QED) is 0.886. The van der Waals surface area contributed by atoms with Crippen LogP contribution in [0.2, 0.25) is 0 Å². The van der Waals surface area contributed by atoms with Gasteiger partial charge in [0.2, 0.25) is 10.0 Å². The van der Waals surface area contributed by atoms with E-state index in [1.54, 1.807) is 26.4 Å². The fourth-order valence-electron chi connectivity index (χ4n) is 2.05. The fourth-order valence-corrected chi connectivity index (χ4v) is 4.20. The van der Waals surface area contributed by atoms with Crippen LogP contribution in [0.15, 0.2) is 21.6 Å². The first-order valence-electron chi connectivity index (χ1n) is 5.85. The van der Waals surface area contributed by atoms with Gasteiger partial charge in [-0.05, 0) is 28.4 Å². The van der Waals surface area contributed by atoms with E-state index in [1.165, 1.54) is 4.31 Å². The maximum Gasteiger partial charge on any atom is 0.246 e. The van der Waals surface area contributed by atoms with Crippen molar-refractivity contribution < 1.29 is 13.2 Å². The monoisotopic (exact) mass is 349 g/mol. The number of methoxy groups -OCH3 is 1. The van der Waals surface area contributed by atoms with Crippen molar-refractivity contribution in [1.82, 2.24) is 9.29 Å². The van der Waals surface area contributed by atoms with Gasteiger partial charge in [-0.2, -0.15) is 4.31 Å². The highest BCUT2D eigenvalue weighted by Crippen LogP contribution is 2.28. The highest BCUT2D eigenvalue weighted by molar-refractivity contribution is 9.10. The zero-order valence-electron chi connectivity index (χ0n) is 10.8. The summed E-state index contributed by atoms with van der Waals surface area (Å²) in [5, 5.41) is 2.81. The van der Waals surface area contributed by atoms with Gasteiger partial charge in [0.25, 0.3) is 0 Å². The SMILES string of the molecule is CNc1ncc(Br)cc1S(=O)(=O)N1CCC(OC)C1. The number of anilines is 1. The molecule has 106 valence electrons. The van der Waals surface area contributed by atoms with Crippen LogP contribution in [0.25, 0.3) is 0 Å². The van der Waals surface area contributed by atoms with E-state index in [9.17, 15) is 8.42 Å². The molecule has 0 saturated carbocycles. The van der Waals surface area contributed by atoms with Crippen LogP contribution < -0.4 is 5.32 Å². The van der Waals surface area contributed by atoms with E-state index in [0.717, 1.165) is 0 Å². The molecule has 1 aliphatic heterocycles. The lowest BCUT2D eigenvalue weighted by molar-refractivity contribution is 0.115. The van der Waals surface area contributed by atoms with Gasteiger partial charge in [0.05, 0.1) is 6.10 Å². The van der Waals surface area contributed by atoms with Crippen LogP contribution in [-0.4, -0.2) is 51.1 Å². The third-order valence-corrected chi connectivity index (χ3v) is 5.43. The Kier molecular flexibility index (Phi) is 4.44. The zero-order valence-corrected chi connectivity index (χ0v) is 13.2. The summed E-state index contributed by atoms with van der Waals surface area (Å²) in [5.74, 6) is 0.351. The van der Waals surface area contributed by atoms with Gasteiger partial charge in [-0.15, -0.1) is 0 Å². The molecule has 8 heteroatoms. The number of halogens is 1. The third kappa shape index (κ3) is 2.91. The number of sulfonamides is 1. The summed E-state index contributed by atoms with van der Waals surface area (Å²) in [7, 11) is -0.301. The number of rotatable bonds is 4. The summed E-state index contributed by atoms with van der Waals surface area (Å²) in [6.07, 6.45) is 2.24. The lowest BCUT2D eigenvalue weighted by Gasteiger charge is -2.18. The van der Waals surface area contributed by atoms with Crippen LogP contribution in [0, 0.1) is 0 Å². The number of hydrogen-bond acceptors (Lipinski definition) is 5. The standard InChI is InChI=1S/C11H16BrN3O3S/c1-13-11-10(5-8(12)6-14-11)19(16,17)15-4-3-9(7-15)18-2/h5-6,9H,3-4,7H2,1-2H3,(H,13,14). The van der Waals surface area contributed by atoms with E-state index >= 15 is 0 Å². The number of hydrogen-bond donors (Lipinski definition) is 1. The van der Waals surface area contributed by atoms with Crippen molar-refractivity contribution in [2.24, 2.45) is 0 Å². The Morgan fingerprint density at radius 1 is 1.58 bits per heavy atom. The Hall–Kier alpha value is -0.700. The van der Waals surface area contributed by atoms with Crippen molar-refractivity contribution in [3.05, 3.63) is 16.7 Å². The minimum absolute atomic E-state index is 0.0343. The van der Waals surface area contributed by atoms with E-state index in [-0.39, 0.29) is 11.0 Å². The Morgan fingerprint density at radius 3 is 2.89 bits per heavy atom. The second-order valence-electron chi connectivity index (χ2n) is 4.26. The molecule has 1 fully saturated rings. The first-order chi connectivity index (χ1) is 8.98. The van der Waals surface area contributed by atoms with Crippen molar-refractivity contribution >= 4 is 31.8 Å². The predicted molar refractivity (Wildman–Crippen MR) is 75.7 cm³/mol. The highest BCUT2D eigenvalue weighted by Gasteiger charge is 2.34. The smallest absolute Gasteiger partial charge is 0.246 e. The molecule has 2 heterocycles. The van der Waals surface area contributed by atoms with E-state index in [4.69, 9.17) is 4.74 Å². The Balaban J connectivity index is 2.37. The molecule has 0 radical (unpaired) electrons. The van der Waals surface area contributed by atoms with Crippen molar-refractivity contribution in [2.45, 2.75) is 17.4 Å². The first kappa shape index (κ1) is 14.7. The normalized spacial score (nSPS) is 20.7. The molecule has 19 heavy (non-hydrogen) atoms. The van der Waals surface area contributed by atoms with Crippen molar-refractivity contribution in [2.75, 3.05) is 32.6 Å². The average Bonchev–Trinajstić information content (AvgIpc) is 2.88. The van der Waals surface area contributed by atoms with E-state index in [0.29, 0.717) is 29.8 Å². The van der Waals surface area contributed by atoms with Crippen LogP contribution in [0.3, 0.4) is 0 Å². The minimum Gasteiger partial charge on any atom is -0.380 e. The van der Waals surface area contributed by atoms with Crippen molar-refractivity contribution in [3.8, 4) is 0 Å². The average molecular weight is 350 g/mol. The number of pyridine rings is 1. The third-order valence-electron chi connectivity index (χ3n) is 3.12. The van der Waals surface area contributed by atoms with Crippen LogP contribution in [0.4, 0.5) is 5.82 Å². The Bertz CT molecular complexity index is 564. The maximum absolute atomic E-state index is 12.6. The molecular formula is C11H16BrN3O3S. The highest BCUT2D eigenvalue weighted by atomic mass is 79.9. The lowest BCUT2D eigenvalue weighted by atomic mass is 10.3. The van der Waals surface area contributed by atoms with Crippen molar-refractivity contribution in [3.63, 3.8) is 0 Å². The summed E-state index contributed by atoms with van der Waals surface area (Å²) in [6, 6.07) is 1.56. The lowest BCUT2D eigenvalue weighted by Crippen LogP contribution is -2.30. The summed E-state index contributed by atoms with van der Waals surface area (Å²) < 4.78 is 32.5. The fraction of sp³-hybridized carbons (Fsp3) is 0.545. The maximum atomic E-state index is 12.6. The van der Waals surface area contributed by atoms with E-state index in [2.05, 4.69) is 26.2 Å². The topological polar surface area (TPSA) is 71.5 Å². The molecular weight excluding hydrogens is 334 g/mol. The van der Waals surface area contributed by atoms with Gasteiger partial charge in [-0.3, -0.25) is 0 Å². The molecule has 1 unspecified atom stereocenters. The summed E-state index contributed by atoms with van der Waals surface area (Å²) >= 11 is 3.25. The molecule has 0 aliphatic carbocycles. The molecule has 0 spiro atoms. The molecule has 0 aromatic carbocycles. The molecule has 0 bridgehead atoms. The minimum atomic E-state index is -3.55. The van der Waals surface area contributed by atoms with Crippen LogP contribution in [-0.2, 0) is 14.8 Å². The molecule has 1 N–H and O–H groups in total. The second kappa shape index (κ2) is 5.74. The van der Waals surface area contributed by atoms with Gasteiger partial charge in [-0.25, -0.2) is 13.4 Å². The number of nitrogens with zero attached hydrogens (tertiary/aromatic N) is 2. The molecule has 1 atom stereocenters. The van der Waals surface area contributed by atoms with Crippen LogP contribution in [0.1, 0.15) is 6.42 Å². The van der Waals surface area contributed by atoms with Gasteiger partial charge in [0, 0.05) is 37.9 Å². The van der Waals surface area contributed by atoms with Crippen molar-refractivity contribution in [1.29, 1.82) is 0 Å². The first-order valence-corrected chi connectivity index (χ1v) is 8.08. The number of ether oxygens (including phenoxy) is 1. The Morgan fingerprint density at radius 2 is 2.32 bits per heavy atom. The molecule has 1 saturated heterocycles. The predicted octanol–water partition coefficient (Wildman–Crippen LogP) is 1.30. The number of aromatic nitrogens is 1. The van der Waals surface area contributed by atoms with E-state index in [1.807, 2.05) is 0 Å². The van der Waals surface area contributed by atoms with Gasteiger partial charge in [0.1, 0.15) is 10.7 Å². The van der Waals surface area contributed by atoms with Crippen LogP contribution >= 0.6 is 15.9 Å². The Labute approximate surface area is 121 Å². The molecule has 2 rings (SSSR count). The summed E-state index contributed by atoms with van der Waals surface area (Å²) in [5.41, 5.74) is 0. The van der Waals surface area contributed by atoms with E-state index < -0.39 is 10.0 Å². The zero-order chi connectivity index (χ0) is 14.0. The molecule has 1 aromatic rings. The molecule has 1 aromatic heterocycles. The summed E-state index contributed by atoms with van der Waals surface area (Å²) in [6.45, 7) is 0.852. The molecule has 6 nitrogen and oxygen atoms in total. The molecule has 0 amide bonds. The molecule has 1 aliphatic rings. The number of nitrogens with one attached hydrogen (secondary N) is 1. The van der Waals surface area contributed by atoms with Gasteiger partial charge >= 0.3 is 0 Å². The second-order valence-corrected chi connectivity index (χ2v) is 7.08. The van der Waals surface area contributed by atoms with Gasteiger partial charge in [-0.1, -0.05) is 0 Å². The van der Waals surface area contributed by atoms with Crippen LogP contribution in [0.5, 0.6) is 0 Å². The largest absolute Gasteiger partial charge is 0.380 e. The van der Waals surface area contributed by atoms with Gasteiger partial charge < -0.3 is 10.1 Å². The summed E-state index contributed by atoms with van der Waals surface area (Å²) in [4.78, 5) is 4.26.